The fourth-order valence-electron chi connectivity index (χ4n) is 7.66. The highest BCUT2D eigenvalue weighted by Crippen LogP contribution is 2.67. The molecule has 5 N–H and O–H groups in total. The van der Waals surface area contributed by atoms with Crippen LogP contribution >= 0.6 is 0 Å². The van der Waals surface area contributed by atoms with Crippen molar-refractivity contribution in [1.82, 2.24) is 10.4 Å². The number of carbonyl (C=O) groups is 2. The number of Topliss-reactive ketones (excluding diaryl/α,β-unsaturated/α-hetero) is 1. The van der Waals surface area contributed by atoms with E-state index in [-0.39, 0.29) is 6.42 Å². The van der Waals surface area contributed by atoms with Crippen molar-refractivity contribution >= 4 is 11.9 Å². The lowest BCUT2D eigenvalue weighted by molar-refractivity contribution is -0.369. The van der Waals surface area contributed by atoms with Gasteiger partial charge in [0.25, 0.3) is 0 Å². The molecule has 4 aliphatic rings. The van der Waals surface area contributed by atoms with Crippen LogP contribution in [0.1, 0.15) is 66.7 Å². The largest absolute Gasteiger partial charge is 0.442 e. The predicted molar refractivity (Wildman–Crippen MR) is 130 cm³/mol. The van der Waals surface area contributed by atoms with Crippen molar-refractivity contribution in [2.75, 3.05) is 13.1 Å². The van der Waals surface area contributed by atoms with E-state index in [9.17, 15) is 30.0 Å². The summed E-state index contributed by atoms with van der Waals surface area (Å²) in [6.07, 6.45) is -1.91. The molecule has 0 aromatic carbocycles. The van der Waals surface area contributed by atoms with E-state index in [2.05, 4.69) is 12.0 Å². The molecule has 0 spiro atoms. The minimum Gasteiger partial charge on any atom is -0.442 e. The molecule has 0 radical (unpaired) electrons. The molecule has 0 aromatic heterocycles. The number of hydrazine groups is 1. The number of nitrogens with zero attached hydrogens (tertiary/aromatic N) is 1. The van der Waals surface area contributed by atoms with Crippen molar-refractivity contribution in [2.24, 2.45) is 16.7 Å². The SMILES string of the molecule is C=C[C@@]1(C)CC(=O)[C@]2(O)[C@@]3(C)[C@@H](O)CCC(C)(C)[C@@H]3[C@H](OC(=O)NN3CCC(O)CC3)[C@H](O)[C@@]2(C)O1. The van der Waals surface area contributed by atoms with Crippen LogP contribution in [0.25, 0.3) is 0 Å². The van der Waals surface area contributed by atoms with Gasteiger partial charge < -0.3 is 29.9 Å². The van der Waals surface area contributed by atoms with Crippen LogP contribution in [-0.2, 0) is 14.3 Å². The maximum absolute atomic E-state index is 13.8. The minimum absolute atomic E-state index is 0.169. The van der Waals surface area contributed by atoms with E-state index in [1.165, 1.54) is 13.0 Å². The van der Waals surface area contributed by atoms with E-state index in [0.717, 1.165) is 0 Å². The van der Waals surface area contributed by atoms with Gasteiger partial charge in [0.2, 0.25) is 0 Å². The zero-order chi connectivity index (χ0) is 26.9. The molecule has 10 nitrogen and oxygen atoms in total. The highest BCUT2D eigenvalue weighted by Gasteiger charge is 2.81. The second-order valence-electron chi connectivity index (χ2n) is 12.5. The van der Waals surface area contributed by atoms with E-state index in [1.807, 2.05) is 13.8 Å². The summed E-state index contributed by atoms with van der Waals surface area (Å²) < 4.78 is 12.2. The van der Waals surface area contributed by atoms with Gasteiger partial charge in [0.1, 0.15) is 17.8 Å². The highest BCUT2D eigenvalue weighted by molar-refractivity contribution is 5.92. The summed E-state index contributed by atoms with van der Waals surface area (Å²) in [5.41, 5.74) is -4.72. The van der Waals surface area contributed by atoms with Gasteiger partial charge in [-0.15, -0.1) is 6.58 Å². The van der Waals surface area contributed by atoms with Crippen LogP contribution in [0, 0.1) is 16.7 Å². The first kappa shape index (κ1) is 27.5. The number of carbonyl (C=O) groups excluding carboxylic acids is 2. The van der Waals surface area contributed by atoms with Crippen LogP contribution in [0.2, 0.25) is 0 Å². The van der Waals surface area contributed by atoms with E-state index in [1.54, 1.807) is 18.9 Å². The number of piperidine rings is 1. The third-order valence-electron chi connectivity index (χ3n) is 9.69. The number of hydrogen-bond donors (Lipinski definition) is 5. The molecule has 8 atom stereocenters. The number of hydrogen-bond acceptors (Lipinski definition) is 9. The molecule has 2 saturated carbocycles. The minimum atomic E-state index is -2.25. The van der Waals surface area contributed by atoms with Crippen molar-refractivity contribution in [3.05, 3.63) is 12.7 Å². The molecular weight excluding hydrogens is 468 g/mol. The fraction of sp³-hybridized carbons (Fsp3) is 0.846. The van der Waals surface area contributed by atoms with Gasteiger partial charge in [-0.1, -0.05) is 26.8 Å². The summed E-state index contributed by atoms with van der Waals surface area (Å²) in [7, 11) is 0. The van der Waals surface area contributed by atoms with Gasteiger partial charge in [-0.2, -0.15) is 0 Å². The zero-order valence-electron chi connectivity index (χ0n) is 22.0. The van der Waals surface area contributed by atoms with Crippen LogP contribution in [0.3, 0.4) is 0 Å². The van der Waals surface area contributed by atoms with Crippen molar-refractivity contribution in [3.8, 4) is 0 Å². The number of ether oxygens (including phenoxy) is 2. The Hall–Kier alpha value is -1.56. The average Bonchev–Trinajstić information content (AvgIpc) is 2.79. The molecule has 2 aliphatic carbocycles. The number of aliphatic hydroxyl groups is 4. The Kier molecular flexibility index (Phi) is 6.67. The molecule has 36 heavy (non-hydrogen) atoms. The number of nitrogens with one attached hydrogen (secondary N) is 1. The highest BCUT2D eigenvalue weighted by atomic mass is 16.6. The van der Waals surface area contributed by atoms with Gasteiger partial charge in [0, 0.05) is 30.8 Å². The third-order valence-corrected chi connectivity index (χ3v) is 9.69. The standard InChI is InChI=1S/C26H42N2O8/c1-7-23(4)14-17(31)26(34)24(5)16(30)8-11-22(2,3)19(24)18(20(32)25(26,6)36-23)35-21(33)27-28-12-9-15(29)10-13-28/h7,15-16,18-20,29-30,32,34H,1,8-14H2,2-6H3,(H,27,33)/t16-,18-,19-,20-,23-,24-,25+,26-/m0/s1. The fourth-order valence-corrected chi connectivity index (χ4v) is 7.66. The summed E-state index contributed by atoms with van der Waals surface area (Å²) in [5.74, 6) is -1.31. The van der Waals surface area contributed by atoms with Crippen LogP contribution in [-0.4, -0.2) is 91.6 Å². The van der Waals surface area contributed by atoms with Gasteiger partial charge >= 0.3 is 6.09 Å². The van der Waals surface area contributed by atoms with Crippen molar-refractivity contribution < 1.29 is 39.5 Å². The first-order valence-electron chi connectivity index (χ1n) is 12.9. The number of aliphatic hydroxyl groups excluding tert-OH is 3. The molecule has 0 unspecified atom stereocenters. The molecule has 2 aliphatic heterocycles. The van der Waals surface area contributed by atoms with Gasteiger partial charge in [-0.05, 0) is 44.9 Å². The van der Waals surface area contributed by atoms with Gasteiger partial charge in [0.15, 0.2) is 11.4 Å². The quantitative estimate of drug-likeness (QED) is 0.351. The van der Waals surface area contributed by atoms with E-state index >= 15 is 0 Å². The zero-order valence-corrected chi connectivity index (χ0v) is 22.0. The molecule has 204 valence electrons. The van der Waals surface area contributed by atoms with Crippen LogP contribution in [0.4, 0.5) is 4.79 Å². The molecule has 2 heterocycles. The number of ketones is 1. The second-order valence-corrected chi connectivity index (χ2v) is 12.5. The van der Waals surface area contributed by atoms with Gasteiger partial charge in [-0.25, -0.2) is 9.80 Å². The number of rotatable bonds is 3. The molecule has 10 heteroatoms. The van der Waals surface area contributed by atoms with Crippen molar-refractivity contribution in [2.45, 2.75) is 108 Å². The van der Waals surface area contributed by atoms with Gasteiger partial charge in [-0.3, -0.25) is 10.2 Å². The topological polar surface area (TPSA) is 149 Å². The van der Waals surface area contributed by atoms with Gasteiger partial charge in [0.05, 0.1) is 17.8 Å². The molecule has 0 aromatic rings. The number of amides is 1. The maximum Gasteiger partial charge on any atom is 0.422 e. The van der Waals surface area contributed by atoms with E-state index in [0.29, 0.717) is 38.8 Å². The van der Waals surface area contributed by atoms with Crippen molar-refractivity contribution in [1.29, 1.82) is 0 Å². The lowest BCUT2D eigenvalue weighted by atomic mass is 9.40. The lowest BCUT2D eigenvalue weighted by Gasteiger charge is -2.71. The molecule has 1 amide bonds. The molecule has 4 fully saturated rings. The summed E-state index contributed by atoms with van der Waals surface area (Å²) >= 11 is 0. The molecule has 4 rings (SSSR count). The smallest absolute Gasteiger partial charge is 0.422 e. The second kappa shape index (κ2) is 8.74. The molecule has 2 saturated heterocycles. The van der Waals surface area contributed by atoms with Crippen LogP contribution in [0.15, 0.2) is 12.7 Å². The maximum atomic E-state index is 13.8. The summed E-state index contributed by atoms with van der Waals surface area (Å²) in [6.45, 7) is 13.3. The Balaban J connectivity index is 1.77. The summed E-state index contributed by atoms with van der Waals surface area (Å²) in [6, 6.07) is 0. The Bertz CT molecular complexity index is 920. The number of fused-ring (bicyclic) bond motifs is 3. The predicted octanol–water partition coefficient (Wildman–Crippen LogP) is 1.05. The monoisotopic (exact) mass is 510 g/mol. The normalized spacial score (nSPS) is 47.4. The van der Waals surface area contributed by atoms with Crippen LogP contribution < -0.4 is 5.43 Å². The summed E-state index contributed by atoms with van der Waals surface area (Å²) in [5, 5.41) is 46.9. The lowest BCUT2D eigenvalue weighted by Crippen LogP contribution is -2.86. The first-order valence-corrected chi connectivity index (χ1v) is 12.9. The summed E-state index contributed by atoms with van der Waals surface area (Å²) in [4.78, 5) is 26.8. The van der Waals surface area contributed by atoms with Crippen LogP contribution in [0.5, 0.6) is 0 Å². The van der Waals surface area contributed by atoms with E-state index < -0.39 is 69.8 Å². The Morgan fingerprint density at radius 2 is 1.75 bits per heavy atom. The van der Waals surface area contributed by atoms with Crippen molar-refractivity contribution in [3.63, 3.8) is 0 Å². The Labute approximate surface area is 212 Å². The first-order chi connectivity index (χ1) is 16.6. The third kappa shape index (κ3) is 3.75. The molecular formula is C26H42N2O8. The average molecular weight is 511 g/mol. The van der Waals surface area contributed by atoms with E-state index in [4.69, 9.17) is 9.47 Å². The molecule has 0 bridgehead atoms. The Morgan fingerprint density at radius 1 is 1.14 bits per heavy atom. The Morgan fingerprint density at radius 3 is 2.33 bits per heavy atom.